The van der Waals surface area contributed by atoms with Crippen molar-refractivity contribution in [3.63, 3.8) is 0 Å². The number of ether oxygens (including phenoxy) is 2. The fourth-order valence-electron chi connectivity index (χ4n) is 3.68. The van der Waals surface area contributed by atoms with Crippen LogP contribution in [0.1, 0.15) is 11.1 Å². The van der Waals surface area contributed by atoms with Crippen molar-refractivity contribution in [2.24, 2.45) is 10.7 Å². The predicted octanol–water partition coefficient (Wildman–Crippen LogP) is 4.12. The van der Waals surface area contributed by atoms with Crippen molar-refractivity contribution in [1.29, 1.82) is 0 Å². The van der Waals surface area contributed by atoms with E-state index in [1.807, 2.05) is 24.3 Å². The third kappa shape index (κ3) is 5.46. The highest BCUT2D eigenvalue weighted by molar-refractivity contribution is 5.96. The van der Waals surface area contributed by atoms with Gasteiger partial charge in [0.15, 0.2) is 5.96 Å². The van der Waals surface area contributed by atoms with Gasteiger partial charge in [-0.3, -0.25) is 0 Å². The average molecular weight is 431 g/mol. The first-order valence-electron chi connectivity index (χ1n) is 10.9. The summed E-state index contributed by atoms with van der Waals surface area (Å²) in [5, 5.41) is 3.55. The van der Waals surface area contributed by atoms with E-state index in [4.69, 9.17) is 20.2 Å². The van der Waals surface area contributed by atoms with Crippen molar-refractivity contribution in [2.75, 3.05) is 38.7 Å². The largest absolute Gasteiger partial charge is 0.495 e. The second-order valence-corrected chi connectivity index (χ2v) is 7.67. The molecule has 0 unspecified atom stereocenters. The van der Waals surface area contributed by atoms with Gasteiger partial charge in [-0.15, -0.1) is 0 Å². The van der Waals surface area contributed by atoms with E-state index in [0.717, 1.165) is 52.7 Å². The first kappa shape index (κ1) is 21.9. The van der Waals surface area contributed by atoms with Gasteiger partial charge in [0, 0.05) is 19.6 Å². The summed E-state index contributed by atoms with van der Waals surface area (Å²) in [6.45, 7) is 4.07. The van der Waals surface area contributed by atoms with E-state index in [1.54, 1.807) is 7.11 Å². The van der Waals surface area contributed by atoms with Gasteiger partial charge >= 0.3 is 0 Å². The maximum absolute atomic E-state index is 5.72. The van der Waals surface area contributed by atoms with Gasteiger partial charge in [-0.25, -0.2) is 4.99 Å². The SMILES string of the molecule is COc1ccc(-c2ccccc2)cc1NC(=NCc1ccc(CN)cc1)N1CCOCC1. The van der Waals surface area contributed by atoms with E-state index in [-0.39, 0.29) is 0 Å². The van der Waals surface area contributed by atoms with Crippen LogP contribution in [0.5, 0.6) is 5.75 Å². The lowest BCUT2D eigenvalue weighted by molar-refractivity contribution is 0.0679. The van der Waals surface area contributed by atoms with Crippen LogP contribution < -0.4 is 15.8 Å². The van der Waals surface area contributed by atoms with E-state index in [0.29, 0.717) is 26.3 Å². The Balaban J connectivity index is 1.62. The highest BCUT2D eigenvalue weighted by Crippen LogP contribution is 2.31. The minimum absolute atomic E-state index is 0.543. The van der Waals surface area contributed by atoms with Crippen LogP contribution >= 0.6 is 0 Å². The number of nitrogens with two attached hydrogens (primary N) is 1. The zero-order chi connectivity index (χ0) is 22.2. The fraction of sp³-hybridized carbons (Fsp3) is 0.269. The third-order valence-electron chi connectivity index (χ3n) is 5.53. The highest BCUT2D eigenvalue weighted by Gasteiger charge is 2.17. The number of benzene rings is 3. The molecule has 32 heavy (non-hydrogen) atoms. The Bertz CT molecular complexity index is 1030. The van der Waals surface area contributed by atoms with E-state index in [2.05, 4.69) is 58.7 Å². The van der Waals surface area contributed by atoms with Crippen molar-refractivity contribution in [2.45, 2.75) is 13.1 Å². The first-order chi connectivity index (χ1) is 15.8. The van der Waals surface area contributed by atoms with Gasteiger partial charge in [-0.2, -0.15) is 0 Å². The van der Waals surface area contributed by atoms with Gasteiger partial charge in [-0.05, 0) is 34.4 Å². The molecule has 4 rings (SSSR count). The molecule has 6 heteroatoms. The lowest BCUT2D eigenvalue weighted by Crippen LogP contribution is -2.44. The smallest absolute Gasteiger partial charge is 0.199 e. The van der Waals surface area contributed by atoms with Crippen molar-refractivity contribution in [1.82, 2.24) is 4.90 Å². The molecule has 1 aliphatic rings. The number of morpholine rings is 1. The molecule has 0 atom stereocenters. The Morgan fingerprint density at radius 2 is 1.69 bits per heavy atom. The fourth-order valence-corrected chi connectivity index (χ4v) is 3.68. The van der Waals surface area contributed by atoms with Gasteiger partial charge < -0.3 is 25.4 Å². The van der Waals surface area contributed by atoms with Crippen LogP contribution in [0.2, 0.25) is 0 Å². The second kappa shape index (κ2) is 10.8. The minimum Gasteiger partial charge on any atom is -0.495 e. The maximum atomic E-state index is 5.72. The molecule has 0 aromatic heterocycles. The summed E-state index contributed by atoms with van der Waals surface area (Å²) >= 11 is 0. The summed E-state index contributed by atoms with van der Waals surface area (Å²) in [6, 6.07) is 24.8. The number of rotatable bonds is 6. The Labute approximate surface area is 189 Å². The molecule has 3 aromatic carbocycles. The van der Waals surface area contributed by atoms with Crippen molar-refractivity contribution in [3.05, 3.63) is 83.9 Å². The zero-order valence-corrected chi connectivity index (χ0v) is 18.5. The number of hydrogen-bond donors (Lipinski definition) is 2. The molecular formula is C26H30N4O2. The second-order valence-electron chi connectivity index (χ2n) is 7.67. The molecule has 6 nitrogen and oxygen atoms in total. The van der Waals surface area contributed by atoms with Crippen LogP contribution in [-0.4, -0.2) is 44.3 Å². The summed E-state index contributed by atoms with van der Waals surface area (Å²) in [5.41, 5.74) is 11.1. The number of nitrogens with zero attached hydrogens (tertiary/aromatic N) is 2. The maximum Gasteiger partial charge on any atom is 0.199 e. The molecule has 1 aliphatic heterocycles. The molecule has 1 saturated heterocycles. The van der Waals surface area contributed by atoms with Crippen LogP contribution in [0.15, 0.2) is 77.8 Å². The minimum atomic E-state index is 0.543. The molecule has 0 spiro atoms. The van der Waals surface area contributed by atoms with Crippen molar-refractivity contribution in [3.8, 4) is 16.9 Å². The quantitative estimate of drug-likeness (QED) is 0.455. The summed E-state index contributed by atoms with van der Waals surface area (Å²) in [6.07, 6.45) is 0. The molecular weight excluding hydrogens is 400 g/mol. The van der Waals surface area contributed by atoms with Crippen LogP contribution in [0.25, 0.3) is 11.1 Å². The lowest BCUT2D eigenvalue weighted by Gasteiger charge is -2.30. The van der Waals surface area contributed by atoms with E-state index in [1.165, 1.54) is 0 Å². The van der Waals surface area contributed by atoms with Gasteiger partial charge in [-0.1, -0.05) is 60.7 Å². The number of aliphatic imine (C=N–C) groups is 1. The Morgan fingerprint density at radius 1 is 0.969 bits per heavy atom. The third-order valence-corrected chi connectivity index (χ3v) is 5.53. The average Bonchev–Trinajstić information content (AvgIpc) is 2.87. The van der Waals surface area contributed by atoms with Crippen LogP contribution in [0.3, 0.4) is 0 Å². The summed E-state index contributed by atoms with van der Waals surface area (Å²) in [5.74, 6) is 1.60. The predicted molar refractivity (Wildman–Crippen MR) is 130 cm³/mol. The number of anilines is 1. The number of methoxy groups -OCH3 is 1. The summed E-state index contributed by atoms with van der Waals surface area (Å²) in [4.78, 5) is 7.16. The summed E-state index contributed by atoms with van der Waals surface area (Å²) < 4.78 is 11.2. The molecule has 0 bridgehead atoms. The number of guanidine groups is 1. The Kier molecular flexibility index (Phi) is 7.38. The zero-order valence-electron chi connectivity index (χ0n) is 18.5. The van der Waals surface area contributed by atoms with Crippen LogP contribution in [0.4, 0.5) is 5.69 Å². The molecule has 1 heterocycles. The monoisotopic (exact) mass is 430 g/mol. The van der Waals surface area contributed by atoms with Crippen LogP contribution in [-0.2, 0) is 17.8 Å². The number of nitrogens with one attached hydrogen (secondary N) is 1. The summed E-state index contributed by atoms with van der Waals surface area (Å²) in [7, 11) is 1.69. The normalized spacial score (nSPS) is 14.3. The molecule has 1 fully saturated rings. The van der Waals surface area contributed by atoms with E-state index in [9.17, 15) is 0 Å². The van der Waals surface area contributed by atoms with Gasteiger partial charge in [0.05, 0.1) is 32.6 Å². The Morgan fingerprint density at radius 3 is 2.38 bits per heavy atom. The molecule has 0 amide bonds. The van der Waals surface area contributed by atoms with Gasteiger partial charge in [0.2, 0.25) is 0 Å². The van der Waals surface area contributed by atoms with Crippen LogP contribution in [0, 0.1) is 0 Å². The van der Waals surface area contributed by atoms with Gasteiger partial charge in [0.25, 0.3) is 0 Å². The molecule has 3 aromatic rings. The van der Waals surface area contributed by atoms with Crippen molar-refractivity contribution >= 4 is 11.6 Å². The topological polar surface area (TPSA) is 72.1 Å². The molecule has 0 saturated carbocycles. The molecule has 0 radical (unpaired) electrons. The lowest BCUT2D eigenvalue weighted by atomic mass is 10.0. The van der Waals surface area contributed by atoms with E-state index >= 15 is 0 Å². The standard InChI is InChI=1S/C26H30N4O2/c1-31-25-12-11-23(22-5-3-2-4-6-22)17-24(25)29-26(30-13-15-32-16-14-30)28-19-21-9-7-20(18-27)8-10-21/h2-12,17H,13-16,18-19,27H2,1H3,(H,28,29). The number of hydrogen-bond acceptors (Lipinski definition) is 4. The van der Waals surface area contributed by atoms with E-state index < -0.39 is 0 Å². The first-order valence-corrected chi connectivity index (χ1v) is 10.9. The molecule has 166 valence electrons. The van der Waals surface area contributed by atoms with Crippen molar-refractivity contribution < 1.29 is 9.47 Å². The van der Waals surface area contributed by atoms with Gasteiger partial charge in [0.1, 0.15) is 5.75 Å². The molecule has 3 N–H and O–H groups in total. The Hall–Kier alpha value is -3.35. The highest BCUT2D eigenvalue weighted by atomic mass is 16.5. The molecule has 0 aliphatic carbocycles.